The van der Waals surface area contributed by atoms with Gasteiger partial charge in [-0.3, -0.25) is 4.79 Å². The molecule has 7 nitrogen and oxygen atoms in total. The molecule has 2 N–H and O–H groups in total. The van der Waals surface area contributed by atoms with Crippen molar-refractivity contribution < 1.29 is 14.3 Å². The van der Waals surface area contributed by atoms with Crippen LogP contribution in [0.2, 0.25) is 0 Å². The molecule has 2 aromatic heterocycles. The maximum Gasteiger partial charge on any atom is 0.408 e. The number of benzene rings is 2. The first-order valence-electron chi connectivity index (χ1n) is 11.0. The molecule has 2 amide bonds. The lowest BCUT2D eigenvalue weighted by atomic mass is 10.0. The average molecular weight is 447 g/mol. The van der Waals surface area contributed by atoms with E-state index < -0.39 is 17.7 Å². The summed E-state index contributed by atoms with van der Waals surface area (Å²) in [6, 6.07) is 15.0. The molecule has 4 rings (SSSR count). The maximum absolute atomic E-state index is 13.3. The molecule has 4 aromatic rings. The molecule has 0 spiro atoms. The number of aryl methyl sites for hydroxylation is 2. The van der Waals surface area contributed by atoms with E-state index in [4.69, 9.17) is 4.74 Å². The molecular formula is C26H30N4O3. The topological polar surface area (TPSA) is 77.3 Å². The molecule has 7 heteroatoms. The predicted molar refractivity (Wildman–Crippen MR) is 131 cm³/mol. The van der Waals surface area contributed by atoms with E-state index in [1.165, 1.54) is 0 Å². The molecule has 2 aromatic carbocycles. The Morgan fingerprint density at radius 1 is 1.00 bits per heavy atom. The van der Waals surface area contributed by atoms with E-state index in [0.717, 1.165) is 27.4 Å². The number of hydrogen-bond acceptors (Lipinski definition) is 3. The average Bonchev–Trinajstić information content (AvgIpc) is 3.26. The lowest BCUT2D eigenvalue weighted by molar-refractivity contribution is -0.118. The first-order chi connectivity index (χ1) is 15.6. The van der Waals surface area contributed by atoms with Gasteiger partial charge in [-0.25, -0.2) is 4.79 Å². The fraction of sp³-hybridized carbons (Fsp3) is 0.308. The van der Waals surface area contributed by atoms with Gasteiger partial charge in [-0.05, 0) is 56.7 Å². The van der Waals surface area contributed by atoms with Crippen molar-refractivity contribution in [2.75, 3.05) is 5.32 Å². The molecular weight excluding hydrogens is 416 g/mol. The van der Waals surface area contributed by atoms with Crippen LogP contribution in [-0.4, -0.2) is 32.8 Å². The summed E-state index contributed by atoms with van der Waals surface area (Å²) in [5.74, 6) is -0.302. The van der Waals surface area contributed by atoms with E-state index in [0.29, 0.717) is 12.1 Å². The molecule has 0 saturated carbocycles. The summed E-state index contributed by atoms with van der Waals surface area (Å²) < 4.78 is 9.47. The zero-order valence-corrected chi connectivity index (χ0v) is 19.7. The number of amides is 2. The van der Waals surface area contributed by atoms with Gasteiger partial charge >= 0.3 is 6.09 Å². The van der Waals surface area contributed by atoms with Crippen molar-refractivity contribution in [2.24, 2.45) is 14.1 Å². The van der Waals surface area contributed by atoms with Crippen molar-refractivity contribution in [3.8, 4) is 0 Å². The Morgan fingerprint density at radius 2 is 1.76 bits per heavy atom. The van der Waals surface area contributed by atoms with Gasteiger partial charge in [-0.15, -0.1) is 0 Å². The Balaban J connectivity index is 1.60. The van der Waals surface area contributed by atoms with Crippen molar-refractivity contribution in [1.82, 2.24) is 14.5 Å². The third kappa shape index (κ3) is 5.03. The van der Waals surface area contributed by atoms with Gasteiger partial charge in [0.05, 0.1) is 0 Å². The van der Waals surface area contributed by atoms with Crippen LogP contribution >= 0.6 is 0 Å². The molecule has 0 bridgehead atoms. The number of ether oxygens (including phenoxy) is 1. The summed E-state index contributed by atoms with van der Waals surface area (Å²) in [5.41, 5.74) is 3.13. The van der Waals surface area contributed by atoms with Gasteiger partial charge < -0.3 is 24.5 Å². The third-order valence-corrected chi connectivity index (χ3v) is 5.56. The van der Waals surface area contributed by atoms with Gasteiger partial charge in [0.1, 0.15) is 11.6 Å². The Bertz CT molecular complexity index is 1330. The molecule has 0 aliphatic heterocycles. The van der Waals surface area contributed by atoms with Gasteiger partial charge in [0, 0.05) is 60.4 Å². The fourth-order valence-electron chi connectivity index (χ4n) is 4.06. The molecule has 33 heavy (non-hydrogen) atoms. The monoisotopic (exact) mass is 446 g/mol. The normalized spacial score (nSPS) is 12.6. The Hall–Kier alpha value is -3.74. The molecule has 0 radical (unpaired) electrons. The number of alkyl carbamates (subject to hydrolysis) is 1. The van der Waals surface area contributed by atoms with E-state index >= 15 is 0 Å². The highest BCUT2D eigenvalue weighted by molar-refractivity contribution is 5.99. The largest absolute Gasteiger partial charge is 0.444 e. The van der Waals surface area contributed by atoms with E-state index in [1.807, 2.05) is 84.2 Å². The molecule has 0 aliphatic carbocycles. The van der Waals surface area contributed by atoms with Gasteiger partial charge in [0.2, 0.25) is 5.91 Å². The molecule has 0 unspecified atom stereocenters. The lowest BCUT2D eigenvalue weighted by Gasteiger charge is -2.23. The minimum atomic E-state index is -0.808. The number of fused-ring (bicyclic) bond motifs is 2. The van der Waals surface area contributed by atoms with Crippen LogP contribution in [0.5, 0.6) is 0 Å². The van der Waals surface area contributed by atoms with Crippen LogP contribution < -0.4 is 10.6 Å². The summed E-state index contributed by atoms with van der Waals surface area (Å²) in [6.07, 6.45) is 3.68. The third-order valence-electron chi connectivity index (χ3n) is 5.56. The van der Waals surface area contributed by atoms with Gasteiger partial charge in [0.25, 0.3) is 0 Å². The van der Waals surface area contributed by atoms with Crippen LogP contribution in [0, 0.1) is 0 Å². The molecule has 0 saturated heterocycles. The number of hydrogen-bond donors (Lipinski definition) is 2. The second-order valence-electron chi connectivity index (χ2n) is 9.37. The van der Waals surface area contributed by atoms with Crippen LogP contribution in [0.1, 0.15) is 26.3 Å². The zero-order valence-electron chi connectivity index (χ0n) is 19.7. The van der Waals surface area contributed by atoms with E-state index in [9.17, 15) is 9.59 Å². The molecule has 0 fully saturated rings. The number of carbonyl (C=O) groups is 2. The number of para-hydroxylation sites is 1. The van der Waals surface area contributed by atoms with Crippen LogP contribution in [0.4, 0.5) is 10.5 Å². The summed E-state index contributed by atoms with van der Waals surface area (Å²) in [5, 5.41) is 7.81. The molecule has 0 aliphatic rings. The summed E-state index contributed by atoms with van der Waals surface area (Å²) in [6.45, 7) is 5.38. The number of carbonyl (C=O) groups excluding carboxylic acids is 2. The van der Waals surface area contributed by atoms with E-state index in [-0.39, 0.29) is 5.91 Å². The number of nitrogens with one attached hydrogen (secondary N) is 2. The zero-order chi connectivity index (χ0) is 23.8. The summed E-state index contributed by atoms with van der Waals surface area (Å²) >= 11 is 0. The van der Waals surface area contributed by atoms with E-state index in [2.05, 4.69) is 10.6 Å². The van der Waals surface area contributed by atoms with Crippen molar-refractivity contribution >= 4 is 39.5 Å². The number of anilines is 1. The maximum atomic E-state index is 13.3. The second-order valence-corrected chi connectivity index (χ2v) is 9.37. The molecule has 1 atom stereocenters. The fourth-order valence-corrected chi connectivity index (χ4v) is 4.06. The Kier molecular flexibility index (Phi) is 5.89. The first kappa shape index (κ1) is 22.5. The van der Waals surface area contributed by atoms with Gasteiger partial charge in [0.15, 0.2) is 0 Å². The van der Waals surface area contributed by atoms with E-state index in [1.54, 1.807) is 20.8 Å². The highest BCUT2D eigenvalue weighted by atomic mass is 16.6. The second kappa shape index (κ2) is 8.65. The standard InChI is InChI=1S/C26H30N4O3/c1-26(2,3)33-25(32)28-21(15-18-16-30(5)23-9-7-6-8-20(18)23)24(31)27-19-10-11-22-17(14-19)12-13-29(22)4/h6-14,16,21H,15H2,1-5H3,(H,27,31)(H,28,32)/t21-/m1/s1. The van der Waals surface area contributed by atoms with Gasteiger partial charge in [-0.1, -0.05) is 18.2 Å². The quantitative estimate of drug-likeness (QED) is 0.465. The Labute approximate surface area is 193 Å². The first-order valence-corrected chi connectivity index (χ1v) is 11.0. The van der Waals surface area contributed by atoms with Crippen molar-refractivity contribution in [3.05, 3.63) is 66.5 Å². The summed E-state index contributed by atoms with van der Waals surface area (Å²) in [7, 11) is 3.95. The smallest absolute Gasteiger partial charge is 0.408 e. The van der Waals surface area contributed by atoms with Crippen molar-refractivity contribution in [2.45, 2.75) is 38.8 Å². The van der Waals surface area contributed by atoms with Crippen molar-refractivity contribution in [1.29, 1.82) is 0 Å². The van der Waals surface area contributed by atoms with Crippen LogP contribution in [0.15, 0.2) is 60.9 Å². The Morgan fingerprint density at radius 3 is 2.52 bits per heavy atom. The van der Waals surface area contributed by atoms with Crippen LogP contribution in [0.3, 0.4) is 0 Å². The minimum Gasteiger partial charge on any atom is -0.444 e. The highest BCUT2D eigenvalue weighted by Gasteiger charge is 2.26. The lowest BCUT2D eigenvalue weighted by Crippen LogP contribution is -2.47. The minimum absolute atomic E-state index is 0.302. The highest BCUT2D eigenvalue weighted by Crippen LogP contribution is 2.23. The van der Waals surface area contributed by atoms with Gasteiger partial charge in [-0.2, -0.15) is 0 Å². The number of nitrogens with zero attached hydrogens (tertiary/aromatic N) is 2. The number of rotatable bonds is 5. The molecule has 2 heterocycles. The number of aromatic nitrogens is 2. The van der Waals surface area contributed by atoms with Crippen LogP contribution in [0.25, 0.3) is 21.8 Å². The SMILES string of the molecule is Cn1ccc2cc(NC(=O)[C@@H](Cc3cn(C)c4ccccc34)NC(=O)OC(C)(C)C)ccc21. The predicted octanol–water partition coefficient (Wildman–Crippen LogP) is 4.74. The summed E-state index contributed by atoms with van der Waals surface area (Å²) in [4.78, 5) is 25.9. The molecule has 172 valence electrons. The van der Waals surface area contributed by atoms with Crippen LogP contribution in [-0.2, 0) is 30.0 Å². The van der Waals surface area contributed by atoms with Crippen molar-refractivity contribution in [3.63, 3.8) is 0 Å².